The van der Waals surface area contributed by atoms with Gasteiger partial charge in [0.15, 0.2) is 17.5 Å². The molecule has 0 saturated carbocycles. The molecule has 0 bridgehead atoms. The van der Waals surface area contributed by atoms with Crippen LogP contribution in [0.5, 0.6) is 11.5 Å². The molecular weight excluding hydrogens is 536 g/mol. The molecule has 0 aromatic heterocycles. The molecule has 6 nitrogen and oxygen atoms in total. The van der Waals surface area contributed by atoms with Crippen molar-refractivity contribution in [2.24, 2.45) is 10.9 Å². The molecule has 0 amide bonds. The van der Waals surface area contributed by atoms with E-state index in [4.69, 9.17) is 9.47 Å². The second-order valence-corrected chi connectivity index (χ2v) is 7.66. The molecule has 0 radical (unpaired) electrons. The highest BCUT2D eigenvalue weighted by Crippen LogP contribution is 2.28. The van der Waals surface area contributed by atoms with E-state index < -0.39 is 12.7 Å². The van der Waals surface area contributed by atoms with E-state index in [1.165, 1.54) is 4.90 Å². The number of piperidine rings is 1. The Morgan fingerprint density at radius 3 is 2.47 bits per heavy atom. The molecule has 1 aliphatic heterocycles. The van der Waals surface area contributed by atoms with E-state index in [9.17, 15) is 13.2 Å². The van der Waals surface area contributed by atoms with Crippen molar-refractivity contribution in [3.05, 3.63) is 23.8 Å². The van der Waals surface area contributed by atoms with Gasteiger partial charge in [-0.3, -0.25) is 4.90 Å². The lowest BCUT2D eigenvalue weighted by Gasteiger charge is -2.32. The van der Waals surface area contributed by atoms with Gasteiger partial charge in [0.25, 0.3) is 0 Å². The highest BCUT2D eigenvalue weighted by molar-refractivity contribution is 14.0. The van der Waals surface area contributed by atoms with Crippen LogP contribution in [0.25, 0.3) is 0 Å². The molecule has 1 aliphatic rings. The van der Waals surface area contributed by atoms with Gasteiger partial charge in [-0.2, -0.15) is 13.2 Å². The molecule has 0 aliphatic carbocycles. The fraction of sp³-hybridized carbons (Fsp3) is 0.682. The molecule has 0 unspecified atom stereocenters. The molecule has 0 atom stereocenters. The Hall–Kier alpha value is -1.43. The van der Waals surface area contributed by atoms with E-state index in [-0.39, 0.29) is 24.0 Å². The molecule has 0 spiro atoms. The van der Waals surface area contributed by atoms with Crippen LogP contribution in [0.15, 0.2) is 23.2 Å². The maximum atomic E-state index is 12.5. The zero-order chi connectivity index (χ0) is 22.7. The zero-order valence-corrected chi connectivity index (χ0v) is 21.5. The fourth-order valence-corrected chi connectivity index (χ4v) is 3.68. The maximum absolute atomic E-state index is 12.5. The predicted molar refractivity (Wildman–Crippen MR) is 132 cm³/mol. The predicted octanol–water partition coefficient (Wildman–Crippen LogP) is 4.43. The Morgan fingerprint density at radius 2 is 1.88 bits per heavy atom. The third kappa shape index (κ3) is 10.5. The molecule has 1 aromatic rings. The largest absolute Gasteiger partial charge is 0.493 e. The van der Waals surface area contributed by atoms with Crippen LogP contribution >= 0.6 is 24.0 Å². The number of likely N-dealkylation sites (tertiary alicyclic amines) is 1. The summed E-state index contributed by atoms with van der Waals surface area (Å²) in [5.41, 5.74) is 1.01. The summed E-state index contributed by atoms with van der Waals surface area (Å²) in [6.07, 6.45) is -1.59. The van der Waals surface area contributed by atoms with Gasteiger partial charge < -0.3 is 20.1 Å². The molecule has 10 heteroatoms. The number of hydrogen-bond donors (Lipinski definition) is 2. The maximum Gasteiger partial charge on any atom is 0.401 e. The van der Waals surface area contributed by atoms with Gasteiger partial charge in [-0.1, -0.05) is 6.07 Å². The smallest absolute Gasteiger partial charge is 0.401 e. The minimum Gasteiger partial charge on any atom is -0.493 e. The molecule has 1 heterocycles. The molecule has 1 aromatic carbocycles. The number of benzene rings is 1. The van der Waals surface area contributed by atoms with Crippen molar-refractivity contribution in [2.45, 2.75) is 45.8 Å². The number of ether oxygens (including phenoxy) is 2. The topological polar surface area (TPSA) is 58.1 Å². The highest BCUT2D eigenvalue weighted by Gasteiger charge is 2.32. The number of guanidine groups is 1. The Bertz CT molecular complexity index is 696. The van der Waals surface area contributed by atoms with Gasteiger partial charge in [0, 0.05) is 13.1 Å². The summed E-state index contributed by atoms with van der Waals surface area (Å²) in [4.78, 5) is 6.14. The first-order valence-electron chi connectivity index (χ1n) is 11.0. The molecule has 32 heavy (non-hydrogen) atoms. The molecule has 2 rings (SSSR count). The van der Waals surface area contributed by atoms with Crippen molar-refractivity contribution in [3.63, 3.8) is 0 Å². The van der Waals surface area contributed by atoms with E-state index in [1.54, 1.807) is 7.11 Å². The number of alkyl halides is 3. The standard InChI is InChI=1S/C22H35F3N4O2.HI/c1-4-26-21(28-15-18-6-7-19(30-3)20(14-18)31-5-2)27-11-8-17-9-12-29(13-10-17)16-22(23,24)25;/h6-7,14,17H,4-5,8-13,15-16H2,1-3H3,(H2,26,27,28);1H. The minimum absolute atomic E-state index is 0. The summed E-state index contributed by atoms with van der Waals surface area (Å²) in [5, 5.41) is 6.57. The highest BCUT2D eigenvalue weighted by atomic mass is 127. The number of halogens is 4. The fourth-order valence-electron chi connectivity index (χ4n) is 3.68. The van der Waals surface area contributed by atoms with Gasteiger partial charge in [0.2, 0.25) is 0 Å². The average molecular weight is 572 g/mol. The summed E-state index contributed by atoms with van der Waals surface area (Å²) >= 11 is 0. The van der Waals surface area contributed by atoms with Gasteiger partial charge in [0.05, 0.1) is 26.8 Å². The quantitative estimate of drug-likeness (QED) is 0.247. The van der Waals surface area contributed by atoms with Crippen LogP contribution in [0, 0.1) is 5.92 Å². The molecule has 184 valence electrons. The summed E-state index contributed by atoms with van der Waals surface area (Å²) in [7, 11) is 1.61. The first-order valence-corrected chi connectivity index (χ1v) is 11.0. The van der Waals surface area contributed by atoms with E-state index in [1.807, 2.05) is 32.0 Å². The Labute approximate surface area is 206 Å². The Morgan fingerprint density at radius 1 is 1.16 bits per heavy atom. The summed E-state index contributed by atoms with van der Waals surface area (Å²) < 4.78 is 48.5. The van der Waals surface area contributed by atoms with Gasteiger partial charge in [0.1, 0.15) is 0 Å². The van der Waals surface area contributed by atoms with Crippen LogP contribution in [-0.4, -0.2) is 63.5 Å². The molecule has 2 N–H and O–H groups in total. The van der Waals surface area contributed by atoms with Crippen LogP contribution in [0.3, 0.4) is 0 Å². The number of nitrogens with zero attached hydrogens (tertiary/aromatic N) is 2. The van der Waals surface area contributed by atoms with Crippen molar-refractivity contribution in [1.29, 1.82) is 0 Å². The zero-order valence-electron chi connectivity index (χ0n) is 19.1. The van der Waals surface area contributed by atoms with Crippen LogP contribution < -0.4 is 20.1 Å². The third-order valence-electron chi connectivity index (χ3n) is 5.25. The van der Waals surface area contributed by atoms with E-state index in [0.717, 1.165) is 43.9 Å². The Kier molecular flexibility index (Phi) is 13.1. The molecule has 1 saturated heterocycles. The molecular formula is C22H36F3IN4O2. The van der Waals surface area contributed by atoms with Crippen molar-refractivity contribution in [3.8, 4) is 11.5 Å². The lowest BCUT2D eigenvalue weighted by atomic mass is 9.93. The second-order valence-electron chi connectivity index (χ2n) is 7.66. The van der Waals surface area contributed by atoms with Crippen LogP contribution in [0.4, 0.5) is 13.2 Å². The number of methoxy groups -OCH3 is 1. The lowest BCUT2D eigenvalue weighted by Crippen LogP contribution is -2.41. The molecule has 1 fully saturated rings. The Balaban J connectivity index is 0.00000512. The average Bonchev–Trinajstić information content (AvgIpc) is 2.72. The van der Waals surface area contributed by atoms with Gasteiger partial charge in [-0.15, -0.1) is 24.0 Å². The number of hydrogen-bond acceptors (Lipinski definition) is 4. The lowest BCUT2D eigenvalue weighted by molar-refractivity contribution is -0.148. The van der Waals surface area contributed by atoms with Crippen LogP contribution in [-0.2, 0) is 6.54 Å². The normalized spacial score (nSPS) is 15.8. The number of aliphatic imine (C=N–C) groups is 1. The van der Waals surface area contributed by atoms with Gasteiger partial charge >= 0.3 is 6.18 Å². The number of rotatable bonds is 10. The number of nitrogens with one attached hydrogen (secondary N) is 2. The minimum atomic E-state index is -4.11. The first-order chi connectivity index (χ1) is 14.8. The third-order valence-corrected chi connectivity index (χ3v) is 5.25. The van der Waals surface area contributed by atoms with Crippen LogP contribution in [0.2, 0.25) is 0 Å². The van der Waals surface area contributed by atoms with Crippen molar-refractivity contribution >= 4 is 29.9 Å². The van der Waals surface area contributed by atoms with Gasteiger partial charge in [-0.05, 0) is 69.8 Å². The van der Waals surface area contributed by atoms with Gasteiger partial charge in [-0.25, -0.2) is 4.99 Å². The SMILES string of the molecule is CCNC(=NCc1ccc(OC)c(OCC)c1)NCCC1CCN(CC(F)(F)F)CC1.I. The summed E-state index contributed by atoms with van der Waals surface area (Å²) in [6.45, 7) is 6.70. The van der Waals surface area contributed by atoms with E-state index in [0.29, 0.717) is 43.7 Å². The second kappa shape index (κ2) is 14.7. The van der Waals surface area contributed by atoms with E-state index in [2.05, 4.69) is 15.6 Å². The summed E-state index contributed by atoms with van der Waals surface area (Å²) in [6, 6.07) is 5.77. The van der Waals surface area contributed by atoms with Crippen molar-refractivity contribution in [1.82, 2.24) is 15.5 Å². The summed E-state index contributed by atoms with van der Waals surface area (Å²) in [5.74, 6) is 2.56. The monoisotopic (exact) mass is 572 g/mol. The van der Waals surface area contributed by atoms with E-state index >= 15 is 0 Å². The first kappa shape index (κ1) is 28.6. The van der Waals surface area contributed by atoms with Crippen molar-refractivity contribution in [2.75, 3.05) is 46.4 Å². The van der Waals surface area contributed by atoms with Crippen molar-refractivity contribution < 1.29 is 22.6 Å². The van der Waals surface area contributed by atoms with Crippen LogP contribution in [0.1, 0.15) is 38.7 Å².